The average Bonchev–Trinajstić information content (AvgIpc) is 2.45. The van der Waals surface area contributed by atoms with Crippen LogP contribution in [0.5, 0.6) is 0 Å². The van der Waals surface area contributed by atoms with Gasteiger partial charge in [-0.3, -0.25) is 0 Å². The first kappa shape index (κ1) is 16.7. The second-order valence-corrected chi connectivity index (χ2v) is 5.69. The molecule has 0 heterocycles. The van der Waals surface area contributed by atoms with Crippen LogP contribution in [0.2, 0.25) is 0 Å². The Labute approximate surface area is 120 Å². The van der Waals surface area contributed by atoms with E-state index >= 15 is 0 Å². The highest BCUT2D eigenvalue weighted by Crippen LogP contribution is 2.14. The van der Waals surface area contributed by atoms with Crippen LogP contribution in [-0.4, -0.2) is 34.7 Å². The maximum absolute atomic E-state index is 12.2. The van der Waals surface area contributed by atoms with E-state index in [0.29, 0.717) is 31.7 Å². The van der Waals surface area contributed by atoms with Crippen LogP contribution in [0.1, 0.15) is 18.9 Å². The molecule has 20 heavy (non-hydrogen) atoms. The molecular formula is C14H20N2O3S. The van der Waals surface area contributed by atoms with Gasteiger partial charge in [0.05, 0.1) is 11.4 Å². The molecule has 3 N–H and O–H groups in total. The predicted octanol–water partition coefficient (Wildman–Crippen LogP) is 0.702. The Balaban J connectivity index is 2.77. The van der Waals surface area contributed by atoms with Crippen LogP contribution in [0, 0.1) is 11.8 Å². The third kappa shape index (κ3) is 5.31. The first-order valence-electron chi connectivity index (χ1n) is 6.47. The second kappa shape index (κ2) is 8.72. The summed E-state index contributed by atoms with van der Waals surface area (Å²) in [6, 6.07) is 6.61. The molecule has 0 aliphatic carbocycles. The molecule has 0 aliphatic rings. The normalized spacial score (nSPS) is 10.9. The molecule has 0 aliphatic heterocycles. The molecule has 5 nitrogen and oxygen atoms in total. The van der Waals surface area contributed by atoms with Gasteiger partial charge in [-0.1, -0.05) is 24.0 Å². The van der Waals surface area contributed by atoms with Crippen molar-refractivity contribution >= 4 is 10.0 Å². The highest BCUT2D eigenvalue weighted by Gasteiger charge is 2.16. The van der Waals surface area contributed by atoms with E-state index in [-0.39, 0.29) is 11.4 Å². The molecule has 0 saturated carbocycles. The molecule has 0 saturated heterocycles. The largest absolute Gasteiger partial charge is 0.382 e. The van der Waals surface area contributed by atoms with Crippen LogP contribution in [0.15, 0.2) is 29.2 Å². The summed E-state index contributed by atoms with van der Waals surface area (Å²) in [4.78, 5) is 0.178. The minimum atomic E-state index is -3.56. The second-order valence-electron chi connectivity index (χ2n) is 3.95. The highest BCUT2D eigenvalue weighted by atomic mass is 32.2. The zero-order valence-electron chi connectivity index (χ0n) is 11.6. The molecule has 1 aromatic rings. The van der Waals surface area contributed by atoms with Gasteiger partial charge in [-0.05, 0) is 25.5 Å². The van der Waals surface area contributed by atoms with Crippen LogP contribution in [0.3, 0.4) is 0 Å². The lowest BCUT2D eigenvalue weighted by molar-refractivity contribution is 0.146. The highest BCUT2D eigenvalue weighted by molar-refractivity contribution is 7.89. The average molecular weight is 296 g/mol. The monoisotopic (exact) mass is 296 g/mol. The zero-order valence-corrected chi connectivity index (χ0v) is 12.4. The summed E-state index contributed by atoms with van der Waals surface area (Å²) in [6.45, 7) is 3.59. The van der Waals surface area contributed by atoms with Crippen molar-refractivity contribution in [1.29, 1.82) is 0 Å². The van der Waals surface area contributed by atoms with Crippen LogP contribution in [0.25, 0.3) is 0 Å². The maximum atomic E-state index is 12.2. The number of nitrogens with one attached hydrogen (secondary N) is 1. The lowest BCUT2D eigenvalue weighted by Gasteiger charge is -2.08. The van der Waals surface area contributed by atoms with Crippen molar-refractivity contribution in [2.75, 3.05) is 26.3 Å². The first-order chi connectivity index (χ1) is 9.61. The Morgan fingerprint density at radius 1 is 1.35 bits per heavy atom. The molecule has 0 amide bonds. The van der Waals surface area contributed by atoms with E-state index in [1.165, 1.54) is 6.07 Å². The van der Waals surface area contributed by atoms with Gasteiger partial charge >= 0.3 is 0 Å². The summed E-state index contributed by atoms with van der Waals surface area (Å²) >= 11 is 0. The Hall–Kier alpha value is -1.39. The van der Waals surface area contributed by atoms with Crippen LogP contribution in [0.4, 0.5) is 0 Å². The summed E-state index contributed by atoms with van der Waals surface area (Å²) in [6.07, 6.45) is 0.629. The number of sulfonamides is 1. The summed E-state index contributed by atoms with van der Waals surface area (Å²) < 4.78 is 32.1. The molecule has 110 valence electrons. The molecule has 0 atom stereocenters. The number of hydrogen-bond acceptors (Lipinski definition) is 4. The van der Waals surface area contributed by atoms with Crippen molar-refractivity contribution < 1.29 is 13.2 Å². The number of benzene rings is 1. The van der Waals surface area contributed by atoms with E-state index in [4.69, 9.17) is 10.5 Å². The van der Waals surface area contributed by atoms with Crippen molar-refractivity contribution in [3.05, 3.63) is 29.8 Å². The standard InChI is InChI=1S/C14H20N2O3S/c1-2-19-12-6-11-16-20(17,18)14-9-4-3-7-13(14)8-5-10-15/h3-4,7,9,16H,2,6,10-12,15H2,1H3. The fourth-order valence-electron chi connectivity index (χ4n) is 1.55. The van der Waals surface area contributed by atoms with Gasteiger partial charge < -0.3 is 10.5 Å². The SMILES string of the molecule is CCOCCCNS(=O)(=O)c1ccccc1C#CCN. The van der Waals surface area contributed by atoms with Crippen molar-refractivity contribution in [1.82, 2.24) is 4.72 Å². The fraction of sp³-hybridized carbons (Fsp3) is 0.429. The number of ether oxygens (including phenoxy) is 1. The van der Waals surface area contributed by atoms with E-state index < -0.39 is 10.0 Å². The number of nitrogens with two attached hydrogens (primary N) is 1. The molecule has 1 aromatic carbocycles. The van der Waals surface area contributed by atoms with E-state index in [0.717, 1.165) is 0 Å². The van der Waals surface area contributed by atoms with Gasteiger partial charge in [-0.25, -0.2) is 13.1 Å². The van der Waals surface area contributed by atoms with Crippen molar-refractivity contribution in [2.24, 2.45) is 5.73 Å². The Bertz CT molecular complexity index is 574. The Morgan fingerprint density at radius 3 is 2.80 bits per heavy atom. The molecule has 0 bridgehead atoms. The van der Waals surface area contributed by atoms with Gasteiger partial charge in [-0.2, -0.15) is 0 Å². The molecule has 0 aromatic heterocycles. The van der Waals surface area contributed by atoms with Gasteiger partial charge in [0.2, 0.25) is 10.0 Å². The lowest BCUT2D eigenvalue weighted by Crippen LogP contribution is -2.26. The summed E-state index contributed by atoms with van der Waals surface area (Å²) in [5.41, 5.74) is 5.76. The predicted molar refractivity (Wildman–Crippen MR) is 78.7 cm³/mol. The molecule has 0 fully saturated rings. The third-order valence-corrected chi connectivity index (χ3v) is 3.98. The quantitative estimate of drug-likeness (QED) is 0.573. The van der Waals surface area contributed by atoms with Gasteiger partial charge in [0.25, 0.3) is 0 Å². The van der Waals surface area contributed by atoms with E-state index in [1.807, 2.05) is 6.92 Å². The molecule has 0 radical (unpaired) electrons. The molecular weight excluding hydrogens is 276 g/mol. The van der Waals surface area contributed by atoms with Gasteiger partial charge in [0.15, 0.2) is 0 Å². The van der Waals surface area contributed by atoms with Crippen molar-refractivity contribution in [2.45, 2.75) is 18.2 Å². The van der Waals surface area contributed by atoms with Crippen LogP contribution in [-0.2, 0) is 14.8 Å². The molecule has 0 unspecified atom stereocenters. The minimum absolute atomic E-state index is 0.178. The number of hydrogen-bond donors (Lipinski definition) is 2. The summed E-state index contributed by atoms with van der Waals surface area (Å²) in [7, 11) is -3.56. The van der Waals surface area contributed by atoms with Gasteiger partial charge in [0.1, 0.15) is 0 Å². The summed E-state index contributed by atoms with van der Waals surface area (Å²) in [5.74, 6) is 5.44. The van der Waals surface area contributed by atoms with Gasteiger partial charge in [0, 0.05) is 25.3 Å². The zero-order chi connectivity index (χ0) is 14.8. The fourth-order valence-corrected chi connectivity index (χ4v) is 2.79. The maximum Gasteiger partial charge on any atom is 0.241 e. The topological polar surface area (TPSA) is 81.4 Å². The smallest absolute Gasteiger partial charge is 0.241 e. The van der Waals surface area contributed by atoms with Crippen molar-refractivity contribution in [3.8, 4) is 11.8 Å². The Kier molecular flexibility index (Phi) is 7.26. The van der Waals surface area contributed by atoms with E-state index in [1.54, 1.807) is 18.2 Å². The van der Waals surface area contributed by atoms with Crippen LogP contribution < -0.4 is 10.5 Å². The lowest BCUT2D eigenvalue weighted by atomic mass is 10.2. The van der Waals surface area contributed by atoms with E-state index in [2.05, 4.69) is 16.6 Å². The van der Waals surface area contributed by atoms with Gasteiger partial charge in [-0.15, -0.1) is 0 Å². The van der Waals surface area contributed by atoms with Crippen LogP contribution >= 0.6 is 0 Å². The van der Waals surface area contributed by atoms with Crippen molar-refractivity contribution in [3.63, 3.8) is 0 Å². The third-order valence-electron chi connectivity index (χ3n) is 2.46. The number of rotatable bonds is 7. The minimum Gasteiger partial charge on any atom is -0.382 e. The Morgan fingerprint density at radius 2 is 2.10 bits per heavy atom. The molecule has 0 spiro atoms. The van der Waals surface area contributed by atoms with E-state index in [9.17, 15) is 8.42 Å². The molecule has 1 rings (SSSR count). The molecule has 6 heteroatoms. The first-order valence-corrected chi connectivity index (χ1v) is 7.95. The summed E-state index contributed by atoms with van der Waals surface area (Å²) in [5, 5.41) is 0.